The number of aromatic nitrogens is 1. The number of nitrogens with two attached hydrogens (primary N) is 1. The molecule has 114 valence electrons. The summed E-state index contributed by atoms with van der Waals surface area (Å²) in [5.74, 6) is -0.559. The smallest absolute Gasteiger partial charge is 0.321 e. The number of carbonyl (C=O) groups excluding carboxylic acids is 2. The second-order valence-corrected chi connectivity index (χ2v) is 4.50. The van der Waals surface area contributed by atoms with E-state index < -0.39 is 11.9 Å². The maximum Gasteiger partial charge on any atom is 0.321 e. The predicted molar refractivity (Wildman–Crippen MR) is 76.6 cm³/mol. The van der Waals surface area contributed by atoms with Crippen molar-refractivity contribution in [2.45, 2.75) is 6.61 Å². The average Bonchev–Trinajstić information content (AvgIpc) is 2.53. The van der Waals surface area contributed by atoms with Crippen LogP contribution in [0.5, 0.6) is 5.88 Å². The molecular formula is C15H14FN3O3. The van der Waals surface area contributed by atoms with Crippen LogP contribution in [0.25, 0.3) is 0 Å². The Labute approximate surface area is 126 Å². The molecule has 2 aromatic rings. The quantitative estimate of drug-likeness (QED) is 0.935. The lowest BCUT2D eigenvalue weighted by Gasteiger charge is -2.12. The molecule has 1 heterocycles. The van der Waals surface area contributed by atoms with E-state index in [0.29, 0.717) is 5.88 Å². The number of hydrogen-bond acceptors (Lipinski definition) is 4. The van der Waals surface area contributed by atoms with Crippen LogP contribution in [0.15, 0.2) is 42.6 Å². The number of ether oxygens (including phenoxy) is 1. The molecule has 6 nitrogen and oxygen atoms in total. The van der Waals surface area contributed by atoms with Crippen molar-refractivity contribution in [3.8, 4) is 5.88 Å². The molecule has 1 aromatic carbocycles. The van der Waals surface area contributed by atoms with E-state index in [0.717, 1.165) is 10.5 Å². The minimum Gasteiger partial charge on any atom is -0.473 e. The van der Waals surface area contributed by atoms with Gasteiger partial charge in [0.1, 0.15) is 12.4 Å². The van der Waals surface area contributed by atoms with Crippen molar-refractivity contribution < 1.29 is 18.7 Å². The molecule has 0 bridgehead atoms. The summed E-state index contributed by atoms with van der Waals surface area (Å²) in [6.07, 6.45) is 1.29. The maximum atomic E-state index is 12.8. The van der Waals surface area contributed by atoms with Crippen LogP contribution in [0.4, 0.5) is 9.18 Å². The standard InChI is InChI=1S/C15H14FN3O3/c1-19(15(17)21)14(20)11-4-7-13(18-8-11)22-9-10-2-5-12(16)6-3-10/h2-8H,9H2,1H3,(H2,17,21). The Morgan fingerprint density at radius 2 is 1.91 bits per heavy atom. The minimum atomic E-state index is -0.846. The van der Waals surface area contributed by atoms with Crippen molar-refractivity contribution in [3.05, 3.63) is 59.5 Å². The van der Waals surface area contributed by atoms with Gasteiger partial charge in [0.25, 0.3) is 5.91 Å². The van der Waals surface area contributed by atoms with Crippen LogP contribution in [0.3, 0.4) is 0 Å². The number of rotatable bonds is 4. The number of imide groups is 1. The monoisotopic (exact) mass is 303 g/mol. The Bertz CT molecular complexity index is 671. The molecule has 0 saturated carbocycles. The Morgan fingerprint density at radius 3 is 2.45 bits per heavy atom. The zero-order valence-electron chi connectivity index (χ0n) is 11.8. The highest BCUT2D eigenvalue weighted by atomic mass is 19.1. The predicted octanol–water partition coefficient (Wildman–Crippen LogP) is 1.95. The third kappa shape index (κ3) is 3.78. The highest BCUT2D eigenvalue weighted by molar-refractivity contribution is 6.03. The van der Waals surface area contributed by atoms with Crippen LogP contribution < -0.4 is 10.5 Å². The second kappa shape index (κ2) is 6.66. The fraction of sp³-hybridized carbons (Fsp3) is 0.133. The van der Waals surface area contributed by atoms with Crippen LogP contribution in [0, 0.1) is 5.82 Å². The Kier molecular flexibility index (Phi) is 4.67. The molecule has 0 spiro atoms. The van der Waals surface area contributed by atoms with Gasteiger partial charge in [-0.25, -0.2) is 14.2 Å². The van der Waals surface area contributed by atoms with Gasteiger partial charge in [0.2, 0.25) is 5.88 Å². The average molecular weight is 303 g/mol. The number of primary amides is 1. The van der Waals surface area contributed by atoms with E-state index in [4.69, 9.17) is 10.5 Å². The lowest BCUT2D eigenvalue weighted by Crippen LogP contribution is -2.37. The summed E-state index contributed by atoms with van der Waals surface area (Å²) in [6.45, 7) is 0.224. The first-order valence-electron chi connectivity index (χ1n) is 6.38. The van der Waals surface area contributed by atoms with E-state index in [9.17, 15) is 14.0 Å². The SMILES string of the molecule is CN(C(N)=O)C(=O)c1ccc(OCc2ccc(F)cc2)nc1. The van der Waals surface area contributed by atoms with Gasteiger partial charge in [-0.05, 0) is 23.8 Å². The van der Waals surface area contributed by atoms with Crippen LogP contribution in [-0.2, 0) is 6.61 Å². The highest BCUT2D eigenvalue weighted by Gasteiger charge is 2.16. The molecule has 1 aromatic heterocycles. The van der Waals surface area contributed by atoms with Gasteiger partial charge < -0.3 is 10.5 Å². The van der Waals surface area contributed by atoms with Crippen LogP contribution >= 0.6 is 0 Å². The summed E-state index contributed by atoms with van der Waals surface area (Å²) in [7, 11) is 1.28. The lowest BCUT2D eigenvalue weighted by molar-refractivity contribution is 0.0837. The molecule has 0 aliphatic rings. The summed E-state index contributed by atoms with van der Waals surface area (Å²) in [5.41, 5.74) is 6.03. The van der Waals surface area contributed by atoms with Gasteiger partial charge in [0, 0.05) is 19.3 Å². The number of halogens is 1. The van der Waals surface area contributed by atoms with Gasteiger partial charge in [-0.1, -0.05) is 12.1 Å². The van der Waals surface area contributed by atoms with E-state index >= 15 is 0 Å². The number of urea groups is 1. The summed E-state index contributed by atoms with van der Waals surface area (Å²) in [5, 5.41) is 0. The number of pyridine rings is 1. The Hall–Kier alpha value is -2.96. The zero-order chi connectivity index (χ0) is 16.1. The fourth-order valence-electron chi connectivity index (χ4n) is 1.62. The molecule has 2 N–H and O–H groups in total. The molecule has 0 unspecified atom stereocenters. The molecule has 0 radical (unpaired) electrons. The number of amides is 3. The van der Waals surface area contributed by atoms with Crippen LogP contribution in [0.1, 0.15) is 15.9 Å². The largest absolute Gasteiger partial charge is 0.473 e. The third-order valence-electron chi connectivity index (χ3n) is 2.92. The number of carbonyl (C=O) groups is 2. The first kappa shape index (κ1) is 15.4. The van der Waals surface area contributed by atoms with Crippen molar-refractivity contribution in [1.82, 2.24) is 9.88 Å². The molecule has 0 aliphatic heterocycles. The first-order chi connectivity index (χ1) is 10.5. The maximum absolute atomic E-state index is 12.8. The van der Waals surface area contributed by atoms with Crippen molar-refractivity contribution in [2.24, 2.45) is 5.73 Å². The zero-order valence-corrected chi connectivity index (χ0v) is 11.8. The molecule has 0 saturated heterocycles. The highest BCUT2D eigenvalue weighted by Crippen LogP contribution is 2.12. The van der Waals surface area contributed by atoms with E-state index in [1.54, 1.807) is 12.1 Å². The molecular weight excluding hydrogens is 289 g/mol. The summed E-state index contributed by atoms with van der Waals surface area (Å²) >= 11 is 0. The minimum absolute atomic E-state index is 0.218. The summed E-state index contributed by atoms with van der Waals surface area (Å²) < 4.78 is 18.2. The number of benzene rings is 1. The van der Waals surface area contributed by atoms with E-state index in [2.05, 4.69) is 4.98 Å². The fourth-order valence-corrected chi connectivity index (χ4v) is 1.62. The summed E-state index contributed by atoms with van der Waals surface area (Å²) in [6, 6.07) is 8.03. The molecule has 0 fully saturated rings. The van der Waals surface area contributed by atoms with Crippen molar-refractivity contribution in [3.63, 3.8) is 0 Å². The van der Waals surface area contributed by atoms with Crippen molar-refractivity contribution in [1.29, 1.82) is 0 Å². The number of hydrogen-bond donors (Lipinski definition) is 1. The van der Waals surface area contributed by atoms with E-state index in [1.807, 2.05) is 0 Å². The van der Waals surface area contributed by atoms with Gasteiger partial charge in [-0.15, -0.1) is 0 Å². The van der Waals surface area contributed by atoms with Gasteiger partial charge >= 0.3 is 6.03 Å². The number of nitrogens with zero attached hydrogens (tertiary/aromatic N) is 2. The summed E-state index contributed by atoms with van der Waals surface area (Å²) in [4.78, 5) is 27.5. The van der Waals surface area contributed by atoms with Crippen molar-refractivity contribution in [2.75, 3.05) is 7.05 Å². The van der Waals surface area contributed by atoms with Gasteiger partial charge in [-0.3, -0.25) is 9.69 Å². The molecule has 0 atom stereocenters. The lowest BCUT2D eigenvalue weighted by atomic mass is 10.2. The Morgan fingerprint density at radius 1 is 1.23 bits per heavy atom. The van der Waals surface area contributed by atoms with Gasteiger partial charge in [0.05, 0.1) is 5.56 Å². The molecule has 3 amide bonds. The molecule has 22 heavy (non-hydrogen) atoms. The van der Waals surface area contributed by atoms with Crippen LogP contribution in [0.2, 0.25) is 0 Å². The van der Waals surface area contributed by atoms with Crippen molar-refractivity contribution >= 4 is 11.9 Å². The van der Waals surface area contributed by atoms with Gasteiger partial charge in [-0.2, -0.15) is 0 Å². The Balaban J connectivity index is 1.98. The second-order valence-electron chi connectivity index (χ2n) is 4.50. The van der Waals surface area contributed by atoms with Gasteiger partial charge in [0.15, 0.2) is 0 Å². The first-order valence-corrected chi connectivity index (χ1v) is 6.38. The molecule has 2 rings (SSSR count). The topological polar surface area (TPSA) is 85.5 Å². The third-order valence-corrected chi connectivity index (χ3v) is 2.92. The van der Waals surface area contributed by atoms with Crippen LogP contribution in [-0.4, -0.2) is 28.9 Å². The molecule has 7 heteroatoms. The molecule has 0 aliphatic carbocycles. The normalized spacial score (nSPS) is 10.1. The van der Waals surface area contributed by atoms with E-state index in [1.165, 1.54) is 37.5 Å². The van der Waals surface area contributed by atoms with E-state index in [-0.39, 0.29) is 18.0 Å².